The molecule has 0 aromatic heterocycles. The first-order valence-corrected chi connectivity index (χ1v) is 10.4. The van der Waals surface area contributed by atoms with Gasteiger partial charge in [0, 0.05) is 5.92 Å². The van der Waals surface area contributed by atoms with Gasteiger partial charge in [-0.05, 0) is 47.4 Å². The third kappa shape index (κ3) is 3.00. The largest absolute Gasteiger partial charge is 0.481 e. The van der Waals surface area contributed by atoms with Crippen LogP contribution in [0.5, 0.6) is 0 Å². The number of alkyl carbamates (subject to hydrolysis) is 1. The zero-order valence-electron chi connectivity index (χ0n) is 16.3. The number of amides is 1. The van der Waals surface area contributed by atoms with Crippen molar-refractivity contribution in [2.75, 3.05) is 6.61 Å². The first-order chi connectivity index (χ1) is 14.1. The van der Waals surface area contributed by atoms with Crippen LogP contribution in [0.3, 0.4) is 0 Å². The number of ether oxygens (including phenoxy) is 1. The molecule has 5 nitrogen and oxygen atoms in total. The molecule has 5 rings (SSSR count). The van der Waals surface area contributed by atoms with Crippen LogP contribution in [0.1, 0.15) is 49.1 Å². The Balaban J connectivity index is 1.32. The van der Waals surface area contributed by atoms with Crippen LogP contribution in [-0.2, 0) is 9.53 Å². The summed E-state index contributed by atoms with van der Waals surface area (Å²) in [5, 5.41) is 12.7. The van der Waals surface area contributed by atoms with Gasteiger partial charge in [-0.2, -0.15) is 0 Å². The minimum Gasteiger partial charge on any atom is -0.481 e. The van der Waals surface area contributed by atoms with E-state index in [1.165, 1.54) is 22.3 Å². The Kier molecular flexibility index (Phi) is 4.34. The molecule has 2 fully saturated rings. The van der Waals surface area contributed by atoms with Crippen molar-refractivity contribution in [2.24, 2.45) is 11.8 Å². The van der Waals surface area contributed by atoms with Gasteiger partial charge in [0.15, 0.2) is 0 Å². The minimum atomic E-state index is -0.812. The zero-order chi connectivity index (χ0) is 20.0. The molecule has 0 unspecified atom stereocenters. The molecule has 0 spiro atoms. The van der Waals surface area contributed by atoms with Crippen LogP contribution in [0, 0.1) is 11.8 Å². The van der Waals surface area contributed by atoms with Crippen molar-refractivity contribution >= 4 is 12.1 Å². The maximum atomic E-state index is 12.7. The Bertz CT molecular complexity index is 925. The number of hydrogen-bond donors (Lipinski definition) is 2. The van der Waals surface area contributed by atoms with E-state index in [4.69, 9.17) is 4.74 Å². The van der Waals surface area contributed by atoms with Crippen LogP contribution >= 0.6 is 0 Å². The van der Waals surface area contributed by atoms with Gasteiger partial charge in [0.05, 0.1) is 11.5 Å². The van der Waals surface area contributed by atoms with Crippen molar-refractivity contribution < 1.29 is 19.4 Å². The second-order valence-corrected chi connectivity index (χ2v) is 8.70. The van der Waals surface area contributed by atoms with Gasteiger partial charge in [0.1, 0.15) is 6.61 Å². The predicted octanol–water partition coefficient (Wildman–Crippen LogP) is 4.56. The molecule has 150 valence electrons. The van der Waals surface area contributed by atoms with Crippen molar-refractivity contribution in [2.45, 2.75) is 43.6 Å². The summed E-state index contributed by atoms with van der Waals surface area (Å²) in [5.74, 6) is -0.939. The van der Waals surface area contributed by atoms with Crippen LogP contribution in [0.15, 0.2) is 48.5 Å². The monoisotopic (exact) mass is 391 g/mol. The molecule has 2 N–H and O–H groups in total. The van der Waals surface area contributed by atoms with Crippen LogP contribution < -0.4 is 5.32 Å². The standard InChI is InChI=1S/C24H25NO4/c26-22(27)21-12-15-6-5-11-24(21,13-15)25-23(28)29-14-20-18-9-3-1-7-16(18)17-8-2-4-10-19(17)20/h1-4,7-10,15,20-21H,5-6,11-14H2,(H,25,28)(H,26,27)/t15-,21+,24+/m1/s1. The third-order valence-corrected chi connectivity index (χ3v) is 7.12. The number of benzene rings is 2. The zero-order valence-corrected chi connectivity index (χ0v) is 16.3. The van der Waals surface area contributed by atoms with E-state index >= 15 is 0 Å². The number of carboxylic acids is 1. The highest BCUT2D eigenvalue weighted by Crippen LogP contribution is 2.49. The molecule has 3 atom stereocenters. The Labute approximate surface area is 170 Å². The molecule has 29 heavy (non-hydrogen) atoms. The van der Waals surface area contributed by atoms with Crippen LogP contribution in [-0.4, -0.2) is 29.3 Å². The number of carbonyl (C=O) groups is 2. The van der Waals surface area contributed by atoms with Gasteiger partial charge in [-0.15, -0.1) is 0 Å². The number of hydrogen-bond acceptors (Lipinski definition) is 3. The predicted molar refractivity (Wildman–Crippen MR) is 109 cm³/mol. The fourth-order valence-corrected chi connectivity index (χ4v) is 5.88. The average Bonchev–Trinajstić information content (AvgIpc) is 3.17. The molecular weight excluding hydrogens is 366 g/mol. The van der Waals surface area contributed by atoms with E-state index in [1.54, 1.807) is 0 Å². The van der Waals surface area contributed by atoms with Crippen molar-refractivity contribution in [3.05, 3.63) is 59.7 Å². The van der Waals surface area contributed by atoms with E-state index in [9.17, 15) is 14.7 Å². The maximum Gasteiger partial charge on any atom is 0.407 e. The molecule has 5 heteroatoms. The highest BCUT2D eigenvalue weighted by Gasteiger charge is 2.53. The summed E-state index contributed by atoms with van der Waals surface area (Å²) in [6.45, 7) is 0.247. The van der Waals surface area contributed by atoms with Crippen molar-refractivity contribution in [3.8, 4) is 11.1 Å². The second kappa shape index (κ2) is 6.90. The number of rotatable bonds is 4. The van der Waals surface area contributed by atoms with E-state index in [0.29, 0.717) is 18.8 Å². The second-order valence-electron chi connectivity index (χ2n) is 8.70. The summed E-state index contributed by atoms with van der Waals surface area (Å²) in [7, 11) is 0. The molecule has 2 bridgehead atoms. The van der Waals surface area contributed by atoms with Gasteiger partial charge in [-0.3, -0.25) is 4.79 Å². The van der Waals surface area contributed by atoms with Crippen molar-refractivity contribution in [1.82, 2.24) is 5.32 Å². The lowest BCUT2D eigenvalue weighted by Gasteiger charge is -2.36. The van der Waals surface area contributed by atoms with E-state index < -0.39 is 23.5 Å². The minimum absolute atomic E-state index is 0.00334. The molecule has 0 radical (unpaired) electrons. The Morgan fingerprint density at radius 2 is 1.72 bits per heavy atom. The summed E-state index contributed by atoms with van der Waals surface area (Å²) < 4.78 is 5.67. The van der Waals surface area contributed by atoms with Crippen LogP contribution in [0.4, 0.5) is 4.79 Å². The maximum absolute atomic E-state index is 12.7. The molecule has 2 aromatic rings. The van der Waals surface area contributed by atoms with E-state index in [1.807, 2.05) is 24.3 Å². The van der Waals surface area contributed by atoms with Crippen molar-refractivity contribution in [1.29, 1.82) is 0 Å². The molecule has 2 aromatic carbocycles. The van der Waals surface area contributed by atoms with Gasteiger partial charge < -0.3 is 15.2 Å². The highest BCUT2D eigenvalue weighted by molar-refractivity contribution is 5.79. The van der Waals surface area contributed by atoms with Gasteiger partial charge in [-0.1, -0.05) is 61.4 Å². The van der Waals surface area contributed by atoms with E-state index in [-0.39, 0.29) is 12.5 Å². The molecular formula is C24H25NO4. The topological polar surface area (TPSA) is 75.6 Å². The molecule has 3 aliphatic rings. The Morgan fingerprint density at radius 1 is 1.07 bits per heavy atom. The summed E-state index contributed by atoms with van der Waals surface area (Å²) >= 11 is 0. The van der Waals surface area contributed by atoms with Gasteiger partial charge in [0.2, 0.25) is 0 Å². The first kappa shape index (κ1) is 18.2. The fraction of sp³-hybridized carbons (Fsp3) is 0.417. The molecule has 0 aliphatic heterocycles. The normalized spacial score (nSPS) is 27.2. The van der Waals surface area contributed by atoms with Crippen LogP contribution in [0.2, 0.25) is 0 Å². The summed E-state index contributed by atoms with van der Waals surface area (Å²) in [4.78, 5) is 24.5. The molecule has 0 saturated heterocycles. The quantitative estimate of drug-likeness (QED) is 0.801. The fourth-order valence-electron chi connectivity index (χ4n) is 5.88. The van der Waals surface area contributed by atoms with Gasteiger partial charge in [0.25, 0.3) is 0 Å². The lowest BCUT2D eigenvalue weighted by Crippen LogP contribution is -2.54. The SMILES string of the molecule is O=C(N[C@]12CCC[C@H](C[C@H]1C(=O)O)C2)OCC1c2ccccc2-c2ccccc21. The number of carboxylic acid groups (broad SMARTS) is 1. The Hall–Kier alpha value is -2.82. The Morgan fingerprint density at radius 3 is 2.38 bits per heavy atom. The highest BCUT2D eigenvalue weighted by atomic mass is 16.5. The van der Waals surface area contributed by atoms with Crippen molar-refractivity contribution in [3.63, 3.8) is 0 Å². The molecule has 3 aliphatic carbocycles. The molecule has 2 saturated carbocycles. The number of fused-ring (bicyclic) bond motifs is 5. The van der Waals surface area contributed by atoms with Gasteiger partial charge >= 0.3 is 12.1 Å². The summed E-state index contributed by atoms with van der Waals surface area (Å²) in [6.07, 6.45) is 3.62. The number of carbonyl (C=O) groups excluding carboxylic acids is 1. The van der Waals surface area contributed by atoms with Crippen LogP contribution in [0.25, 0.3) is 11.1 Å². The lowest BCUT2D eigenvalue weighted by molar-refractivity contribution is -0.143. The molecule has 1 amide bonds. The average molecular weight is 391 g/mol. The summed E-state index contributed by atoms with van der Waals surface area (Å²) in [5.41, 5.74) is 4.06. The molecule has 0 heterocycles. The third-order valence-electron chi connectivity index (χ3n) is 7.12. The number of nitrogens with one attached hydrogen (secondary N) is 1. The van der Waals surface area contributed by atoms with Gasteiger partial charge in [-0.25, -0.2) is 4.79 Å². The first-order valence-electron chi connectivity index (χ1n) is 10.4. The summed E-state index contributed by atoms with van der Waals surface area (Å²) in [6, 6.07) is 16.4. The lowest BCUT2D eigenvalue weighted by atomic mass is 9.79. The van der Waals surface area contributed by atoms with E-state index in [2.05, 4.69) is 29.6 Å². The smallest absolute Gasteiger partial charge is 0.407 e. The van der Waals surface area contributed by atoms with E-state index in [0.717, 1.165) is 19.3 Å². The number of aliphatic carboxylic acids is 1.